The van der Waals surface area contributed by atoms with Gasteiger partial charge in [0, 0.05) is 19.6 Å². The van der Waals surface area contributed by atoms with Gasteiger partial charge >= 0.3 is 6.03 Å². The molecule has 1 aliphatic carbocycles. The second-order valence-electron chi connectivity index (χ2n) is 11.9. The number of rotatable bonds is 12. The maximum absolute atomic E-state index is 13.7. The summed E-state index contributed by atoms with van der Waals surface area (Å²) in [6.45, 7) is 9.35. The fraction of sp³-hybridized carbons (Fsp3) is 0.778. The first-order valence-electron chi connectivity index (χ1n) is 13.9. The molecule has 2 fully saturated rings. The lowest BCUT2D eigenvalue weighted by atomic mass is 9.80. The van der Waals surface area contributed by atoms with Gasteiger partial charge in [-0.3, -0.25) is 24.0 Å². The Balaban J connectivity index is 2.08. The van der Waals surface area contributed by atoms with E-state index >= 15 is 0 Å². The van der Waals surface area contributed by atoms with Gasteiger partial charge in [-0.1, -0.05) is 47.0 Å². The van der Waals surface area contributed by atoms with Gasteiger partial charge in [0.25, 0.3) is 5.91 Å². The minimum Gasteiger partial charge on any atom is -0.363 e. The molecule has 39 heavy (non-hydrogen) atoms. The number of likely N-dealkylation sites (N-methyl/N-ethyl adjacent to an activating group) is 1. The van der Waals surface area contributed by atoms with Crippen molar-refractivity contribution in [2.45, 2.75) is 104 Å². The first-order chi connectivity index (χ1) is 18.2. The molecule has 0 bridgehead atoms. The number of nitrogens with zero attached hydrogens (tertiary/aromatic N) is 2. The summed E-state index contributed by atoms with van der Waals surface area (Å²) in [7, 11) is 1.67. The third kappa shape index (κ3) is 8.66. The number of ketones is 1. The van der Waals surface area contributed by atoms with Crippen LogP contribution >= 0.6 is 0 Å². The van der Waals surface area contributed by atoms with Crippen LogP contribution in [0.5, 0.6) is 0 Å². The van der Waals surface area contributed by atoms with Crippen molar-refractivity contribution in [3.63, 3.8) is 0 Å². The molecule has 0 aromatic heterocycles. The van der Waals surface area contributed by atoms with Crippen molar-refractivity contribution in [1.82, 2.24) is 25.8 Å². The SMILES string of the molecule is CCC(C)N(C)C(=O)CNC(=O)NC(C(=O)N1CCCC1C(=O)NC(CC1CCC1)C(=O)C(N)=O)C(C)(C)C. The monoisotopic (exact) mass is 550 g/mol. The smallest absolute Gasteiger partial charge is 0.315 e. The molecule has 0 radical (unpaired) electrons. The number of urea groups is 1. The summed E-state index contributed by atoms with van der Waals surface area (Å²) in [4.78, 5) is 78.9. The van der Waals surface area contributed by atoms with Crippen LogP contribution in [0.3, 0.4) is 0 Å². The van der Waals surface area contributed by atoms with E-state index in [1.807, 2.05) is 13.8 Å². The Bertz CT molecular complexity index is 944. The molecule has 5 N–H and O–H groups in total. The van der Waals surface area contributed by atoms with E-state index in [-0.39, 0.29) is 24.4 Å². The highest BCUT2D eigenvalue weighted by Crippen LogP contribution is 2.31. The van der Waals surface area contributed by atoms with Crippen LogP contribution in [0.2, 0.25) is 0 Å². The summed E-state index contributed by atoms with van der Waals surface area (Å²) in [5, 5.41) is 7.89. The number of hydrogen-bond donors (Lipinski definition) is 4. The number of primary amides is 1. The molecule has 0 spiro atoms. The number of hydrogen-bond acceptors (Lipinski definition) is 6. The van der Waals surface area contributed by atoms with Crippen molar-refractivity contribution >= 4 is 35.4 Å². The molecule has 220 valence electrons. The highest BCUT2D eigenvalue weighted by atomic mass is 16.2. The van der Waals surface area contributed by atoms with Crippen LogP contribution < -0.4 is 21.7 Å². The summed E-state index contributed by atoms with van der Waals surface area (Å²) in [6.07, 6.45) is 4.96. The summed E-state index contributed by atoms with van der Waals surface area (Å²) in [5.74, 6) is -2.91. The first-order valence-corrected chi connectivity index (χ1v) is 13.9. The van der Waals surface area contributed by atoms with Gasteiger partial charge in [0.1, 0.15) is 12.1 Å². The first kappa shape index (κ1) is 32.0. The average molecular weight is 551 g/mol. The van der Waals surface area contributed by atoms with E-state index in [2.05, 4.69) is 16.0 Å². The molecule has 1 aliphatic heterocycles. The second-order valence-corrected chi connectivity index (χ2v) is 11.9. The summed E-state index contributed by atoms with van der Waals surface area (Å²) < 4.78 is 0. The van der Waals surface area contributed by atoms with Crippen LogP contribution in [0.4, 0.5) is 4.79 Å². The lowest BCUT2D eigenvalue weighted by Crippen LogP contribution is -2.60. The molecule has 12 nitrogen and oxygen atoms in total. The molecule has 4 atom stereocenters. The quantitative estimate of drug-likeness (QED) is 0.260. The van der Waals surface area contributed by atoms with Crippen molar-refractivity contribution in [2.75, 3.05) is 20.1 Å². The number of carbonyl (C=O) groups excluding carboxylic acids is 6. The Hall–Kier alpha value is -3.18. The molecule has 6 amide bonds. The number of nitrogens with two attached hydrogens (primary N) is 1. The van der Waals surface area contributed by atoms with Gasteiger partial charge in [-0.25, -0.2) is 4.79 Å². The Kier molecular flexibility index (Phi) is 11.3. The minimum absolute atomic E-state index is 0.0242. The van der Waals surface area contributed by atoms with Crippen LogP contribution in [-0.4, -0.2) is 89.5 Å². The highest BCUT2D eigenvalue weighted by Gasteiger charge is 2.43. The fourth-order valence-corrected chi connectivity index (χ4v) is 4.83. The molecule has 2 aliphatic rings. The lowest BCUT2D eigenvalue weighted by molar-refractivity contribution is -0.143. The van der Waals surface area contributed by atoms with E-state index in [0.717, 1.165) is 25.7 Å². The molecule has 1 saturated heterocycles. The number of carbonyl (C=O) groups is 6. The summed E-state index contributed by atoms with van der Waals surface area (Å²) in [6, 6.07) is -3.49. The molecular weight excluding hydrogens is 504 g/mol. The van der Waals surface area contributed by atoms with E-state index in [4.69, 9.17) is 5.73 Å². The number of likely N-dealkylation sites (tertiary alicyclic amines) is 1. The molecule has 12 heteroatoms. The van der Waals surface area contributed by atoms with Gasteiger partial charge < -0.3 is 31.5 Å². The van der Waals surface area contributed by atoms with E-state index in [0.29, 0.717) is 25.8 Å². The zero-order valence-electron chi connectivity index (χ0n) is 24.2. The zero-order valence-corrected chi connectivity index (χ0v) is 24.2. The number of nitrogens with one attached hydrogen (secondary N) is 3. The van der Waals surface area contributed by atoms with Crippen LogP contribution in [0.15, 0.2) is 0 Å². The molecule has 1 saturated carbocycles. The average Bonchev–Trinajstić information content (AvgIpc) is 3.34. The van der Waals surface area contributed by atoms with Crippen molar-refractivity contribution in [3.8, 4) is 0 Å². The molecule has 2 rings (SSSR count). The van der Waals surface area contributed by atoms with Gasteiger partial charge in [-0.15, -0.1) is 0 Å². The van der Waals surface area contributed by atoms with E-state index in [1.54, 1.807) is 32.7 Å². The lowest BCUT2D eigenvalue weighted by Gasteiger charge is -2.36. The van der Waals surface area contributed by atoms with E-state index < -0.39 is 53.1 Å². The van der Waals surface area contributed by atoms with Crippen molar-refractivity contribution < 1.29 is 28.8 Å². The predicted molar refractivity (Wildman–Crippen MR) is 145 cm³/mol. The standard InChI is InChI=1S/C27H46N6O6/c1-7-16(2)32(6)20(34)15-29-26(39)31-22(27(3,4)5)25(38)33-13-9-12-19(33)24(37)30-18(21(35)23(28)36)14-17-10-8-11-17/h16-19,22H,7-15H2,1-6H3,(H2,28,36)(H,30,37)(H2,29,31,39). The van der Waals surface area contributed by atoms with Crippen LogP contribution in [0.1, 0.15) is 79.6 Å². The van der Waals surface area contributed by atoms with Gasteiger partial charge in [0.2, 0.25) is 23.5 Å². The molecular formula is C27H46N6O6. The second kappa shape index (κ2) is 13.7. The normalized spacial score (nSPS) is 19.7. The number of amides is 6. The maximum atomic E-state index is 13.7. The largest absolute Gasteiger partial charge is 0.363 e. The molecule has 1 heterocycles. The van der Waals surface area contributed by atoms with Crippen LogP contribution in [0, 0.1) is 11.3 Å². The van der Waals surface area contributed by atoms with Crippen LogP contribution in [0.25, 0.3) is 0 Å². The minimum atomic E-state index is -1.10. The Morgan fingerprint density at radius 3 is 2.18 bits per heavy atom. The van der Waals surface area contributed by atoms with Crippen molar-refractivity contribution in [1.29, 1.82) is 0 Å². The van der Waals surface area contributed by atoms with Crippen LogP contribution in [-0.2, 0) is 24.0 Å². The highest BCUT2D eigenvalue weighted by molar-refractivity contribution is 6.37. The zero-order chi connectivity index (χ0) is 29.5. The van der Waals surface area contributed by atoms with Gasteiger partial charge in [-0.2, -0.15) is 0 Å². The van der Waals surface area contributed by atoms with Crippen molar-refractivity contribution in [2.24, 2.45) is 17.1 Å². The van der Waals surface area contributed by atoms with Crippen molar-refractivity contribution in [3.05, 3.63) is 0 Å². The molecule has 0 aromatic carbocycles. The molecule has 0 aromatic rings. The Morgan fingerprint density at radius 1 is 1.03 bits per heavy atom. The fourth-order valence-electron chi connectivity index (χ4n) is 4.83. The topological polar surface area (TPSA) is 171 Å². The van der Waals surface area contributed by atoms with E-state index in [1.165, 1.54) is 4.90 Å². The predicted octanol–water partition coefficient (Wildman–Crippen LogP) is 0.678. The van der Waals surface area contributed by atoms with Gasteiger partial charge in [0.05, 0.1) is 12.6 Å². The summed E-state index contributed by atoms with van der Waals surface area (Å²) >= 11 is 0. The van der Waals surface area contributed by atoms with E-state index in [9.17, 15) is 28.8 Å². The third-order valence-electron chi connectivity index (χ3n) is 7.94. The van der Waals surface area contributed by atoms with Gasteiger partial charge in [-0.05, 0) is 43.9 Å². The van der Waals surface area contributed by atoms with Gasteiger partial charge in [0.15, 0.2) is 0 Å². The maximum Gasteiger partial charge on any atom is 0.315 e. The Morgan fingerprint density at radius 2 is 1.67 bits per heavy atom. The Labute approximate surface area is 231 Å². The summed E-state index contributed by atoms with van der Waals surface area (Å²) in [5.41, 5.74) is 4.51. The number of Topliss-reactive ketones (excluding diaryl/α,β-unsaturated/α-hetero) is 1. The molecule has 4 unspecified atom stereocenters. The third-order valence-corrected chi connectivity index (χ3v) is 7.94.